The molecule has 0 bridgehead atoms. The highest BCUT2D eigenvalue weighted by Gasteiger charge is 2.27. The molecule has 5 heteroatoms. The summed E-state index contributed by atoms with van der Waals surface area (Å²) in [6.45, 7) is 3.17. The van der Waals surface area contributed by atoms with Crippen molar-refractivity contribution in [2.75, 3.05) is 19.6 Å². The summed E-state index contributed by atoms with van der Waals surface area (Å²) in [7, 11) is 0. The first-order valence-corrected chi connectivity index (χ1v) is 9.24. The molecule has 1 fully saturated rings. The second-order valence-electron chi connectivity index (χ2n) is 6.95. The van der Waals surface area contributed by atoms with Crippen LogP contribution in [-0.2, 0) is 12.8 Å². The Morgan fingerprint density at radius 1 is 1.00 bits per heavy atom. The molecule has 0 N–H and O–H groups in total. The molecular formula is C20H26ClN3O. The fraction of sp³-hybridized carbons (Fsp3) is 0.500. The summed E-state index contributed by atoms with van der Waals surface area (Å²) in [5.74, 6) is 0.216. The molecule has 0 radical (unpaired) electrons. The lowest BCUT2D eigenvalue weighted by Crippen LogP contribution is -2.31. The van der Waals surface area contributed by atoms with Crippen molar-refractivity contribution >= 4 is 18.2 Å². The normalized spacial score (nSPS) is 17.1. The van der Waals surface area contributed by atoms with Crippen molar-refractivity contribution in [2.24, 2.45) is 0 Å². The molecule has 1 saturated heterocycles. The van der Waals surface area contributed by atoms with Gasteiger partial charge in [0.2, 0.25) is 0 Å². The summed E-state index contributed by atoms with van der Waals surface area (Å²) in [5.41, 5.74) is 4.22. The molecule has 2 heterocycles. The number of benzene rings is 1. The number of hydrogen-bond acceptors (Lipinski definition) is 3. The topological polar surface area (TPSA) is 38.1 Å². The molecule has 0 amide bonds. The Kier molecular flexibility index (Phi) is 5.92. The van der Waals surface area contributed by atoms with Crippen LogP contribution in [0.25, 0.3) is 5.69 Å². The zero-order chi connectivity index (χ0) is 16.4. The number of fused-ring (bicyclic) bond motifs is 1. The summed E-state index contributed by atoms with van der Waals surface area (Å²) in [6.07, 6.45) is 7.62. The molecule has 2 aliphatic rings. The number of aromatic nitrogens is 2. The van der Waals surface area contributed by atoms with Gasteiger partial charge in [-0.15, -0.1) is 12.4 Å². The monoisotopic (exact) mass is 359 g/mol. The first kappa shape index (κ1) is 18.2. The first-order valence-electron chi connectivity index (χ1n) is 9.24. The van der Waals surface area contributed by atoms with Crippen LogP contribution < -0.4 is 0 Å². The lowest BCUT2D eigenvalue weighted by Gasteiger charge is -2.25. The Bertz CT molecular complexity index is 720. The van der Waals surface area contributed by atoms with Gasteiger partial charge in [-0.2, -0.15) is 5.10 Å². The van der Waals surface area contributed by atoms with Crippen LogP contribution in [0.15, 0.2) is 30.3 Å². The van der Waals surface area contributed by atoms with Crippen molar-refractivity contribution in [3.05, 3.63) is 47.3 Å². The van der Waals surface area contributed by atoms with Crippen molar-refractivity contribution < 1.29 is 4.79 Å². The Hall–Kier alpha value is -1.65. The molecule has 0 saturated carbocycles. The van der Waals surface area contributed by atoms with E-state index in [9.17, 15) is 4.79 Å². The lowest BCUT2D eigenvalue weighted by molar-refractivity contribution is 0.0952. The van der Waals surface area contributed by atoms with Crippen molar-refractivity contribution in [1.82, 2.24) is 14.7 Å². The van der Waals surface area contributed by atoms with E-state index in [1.54, 1.807) is 0 Å². The van der Waals surface area contributed by atoms with Gasteiger partial charge in [-0.05, 0) is 57.3 Å². The summed E-state index contributed by atoms with van der Waals surface area (Å²) in [6, 6.07) is 10.2. The number of piperidine rings is 1. The van der Waals surface area contributed by atoms with Gasteiger partial charge in [0.15, 0.2) is 5.78 Å². The predicted octanol–water partition coefficient (Wildman–Crippen LogP) is 3.84. The van der Waals surface area contributed by atoms with E-state index in [1.165, 1.54) is 30.5 Å². The average molecular weight is 360 g/mol. The van der Waals surface area contributed by atoms with Crippen molar-refractivity contribution in [3.63, 3.8) is 0 Å². The maximum atomic E-state index is 12.8. The summed E-state index contributed by atoms with van der Waals surface area (Å²) in [5, 5.41) is 4.71. The van der Waals surface area contributed by atoms with Gasteiger partial charge in [-0.1, -0.05) is 24.6 Å². The fourth-order valence-electron chi connectivity index (χ4n) is 4.01. The van der Waals surface area contributed by atoms with Gasteiger partial charge in [0.25, 0.3) is 0 Å². The Morgan fingerprint density at radius 2 is 1.76 bits per heavy atom. The van der Waals surface area contributed by atoms with Crippen LogP contribution >= 0.6 is 12.4 Å². The molecule has 1 aromatic heterocycles. The molecule has 25 heavy (non-hydrogen) atoms. The number of para-hydroxylation sites is 1. The SMILES string of the molecule is Cl.O=C(CCN1CCCCC1)c1nn(-c2ccccc2)c2c1CCC2. The van der Waals surface area contributed by atoms with Crippen molar-refractivity contribution in [3.8, 4) is 5.69 Å². The van der Waals surface area contributed by atoms with Gasteiger partial charge in [0.1, 0.15) is 5.69 Å². The van der Waals surface area contributed by atoms with Gasteiger partial charge in [0, 0.05) is 24.2 Å². The summed E-state index contributed by atoms with van der Waals surface area (Å²) in [4.78, 5) is 15.2. The highest BCUT2D eigenvalue weighted by molar-refractivity contribution is 5.96. The molecule has 0 spiro atoms. The van der Waals surface area contributed by atoms with Crippen LogP contribution in [0.3, 0.4) is 0 Å². The largest absolute Gasteiger partial charge is 0.303 e. The highest BCUT2D eigenvalue weighted by Crippen LogP contribution is 2.28. The molecule has 0 atom stereocenters. The van der Waals surface area contributed by atoms with Gasteiger partial charge in [0.05, 0.1) is 5.69 Å². The predicted molar refractivity (Wildman–Crippen MR) is 102 cm³/mol. The zero-order valence-electron chi connectivity index (χ0n) is 14.6. The second-order valence-corrected chi connectivity index (χ2v) is 6.95. The van der Waals surface area contributed by atoms with E-state index in [0.717, 1.165) is 50.3 Å². The van der Waals surface area contributed by atoms with Gasteiger partial charge < -0.3 is 4.90 Å². The first-order chi connectivity index (χ1) is 11.8. The molecule has 4 rings (SSSR count). The van der Waals surface area contributed by atoms with E-state index < -0.39 is 0 Å². The number of hydrogen-bond donors (Lipinski definition) is 0. The minimum atomic E-state index is 0. The molecule has 2 aromatic rings. The number of carbonyl (C=O) groups is 1. The van der Waals surface area contributed by atoms with E-state index in [-0.39, 0.29) is 18.2 Å². The van der Waals surface area contributed by atoms with Crippen LogP contribution in [-0.4, -0.2) is 40.1 Å². The molecule has 1 aliphatic carbocycles. The second kappa shape index (κ2) is 8.15. The number of halogens is 1. The highest BCUT2D eigenvalue weighted by atomic mass is 35.5. The minimum Gasteiger partial charge on any atom is -0.303 e. The van der Waals surface area contributed by atoms with E-state index in [0.29, 0.717) is 6.42 Å². The smallest absolute Gasteiger partial charge is 0.184 e. The summed E-state index contributed by atoms with van der Waals surface area (Å²) >= 11 is 0. The fourth-order valence-corrected chi connectivity index (χ4v) is 4.01. The maximum Gasteiger partial charge on any atom is 0.184 e. The van der Waals surface area contributed by atoms with Crippen LogP contribution in [0.2, 0.25) is 0 Å². The lowest BCUT2D eigenvalue weighted by atomic mass is 10.1. The Balaban J connectivity index is 0.00000182. The third kappa shape index (κ3) is 3.80. The number of ketones is 1. The molecule has 1 aliphatic heterocycles. The Labute approximate surface area is 155 Å². The molecule has 4 nitrogen and oxygen atoms in total. The van der Waals surface area contributed by atoms with E-state index >= 15 is 0 Å². The number of carbonyl (C=O) groups excluding carboxylic acids is 1. The van der Waals surface area contributed by atoms with E-state index in [2.05, 4.69) is 17.0 Å². The molecule has 0 unspecified atom stereocenters. The molecule has 134 valence electrons. The average Bonchev–Trinajstić information content (AvgIpc) is 3.24. The third-order valence-corrected chi connectivity index (χ3v) is 5.30. The number of likely N-dealkylation sites (tertiary alicyclic amines) is 1. The van der Waals surface area contributed by atoms with Crippen molar-refractivity contribution in [2.45, 2.75) is 44.9 Å². The van der Waals surface area contributed by atoms with Crippen LogP contribution in [0.4, 0.5) is 0 Å². The van der Waals surface area contributed by atoms with E-state index in [4.69, 9.17) is 5.10 Å². The maximum absolute atomic E-state index is 12.8. The van der Waals surface area contributed by atoms with Crippen LogP contribution in [0, 0.1) is 0 Å². The molecular weight excluding hydrogens is 334 g/mol. The Morgan fingerprint density at radius 3 is 2.52 bits per heavy atom. The van der Waals surface area contributed by atoms with Gasteiger partial charge in [-0.3, -0.25) is 4.79 Å². The van der Waals surface area contributed by atoms with Crippen molar-refractivity contribution in [1.29, 1.82) is 0 Å². The van der Waals surface area contributed by atoms with Gasteiger partial charge >= 0.3 is 0 Å². The van der Waals surface area contributed by atoms with E-state index in [1.807, 2.05) is 22.9 Å². The van der Waals surface area contributed by atoms with Crippen LogP contribution in [0.1, 0.15) is 53.8 Å². The number of nitrogens with zero attached hydrogens (tertiary/aromatic N) is 3. The van der Waals surface area contributed by atoms with Crippen LogP contribution in [0.5, 0.6) is 0 Å². The molecule has 1 aromatic carbocycles. The number of Topliss-reactive ketones (excluding diaryl/α,β-unsaturated/α-hetero) is 1. The quantitative estimate of drug-likeness (QED) is 0.761. The zero-order valence-corrected chi connectivity index (χ0v) is 15.4. The number of rotatable bonds is 5. The van der Waals surface area contributed by atoms with Gasteiger partial charge in [-0.25, -0.2) is 4.68 Å². The third-order valence-electron chi connectivity index (χ3n) is 5.30. The minimum absolute atomic E-state index is 0. The summed E-state index contributed by atoms with van der Waals surface area (Å²) < 4.78 is 2.00. The standard InChI is InChI=1S/C20H25N3O.ClH/c24-19(12-15-22-13-5-2-6-14-22)20-17-10-7-11-18(17)23(21-20)16-8-3-1-4-9-16;/h1,3-4,8-9H,2,5-7,10-15H2;1H.